The Balaban J connectivity index is 2.08. The van der Waals surface area contributed by atoms with Gasteiger partial charge in [0.05, 0.1) is 6.21 Å². The molecule has 1 aromatic carbocycles. The van der Waals surface area contributed by atoms with Crippen molar-refractivity contribution < 1.29 is 9.90 Å². The molecule has 4 nitrogen and oxygen atoms in total. The van der Waals surface area contributed by atoms with Crippen LogP contribution in [0.25, 0.3) is 0 Å². The Morgan fingerprint density at radius 2 is 1.75 bits per heavy atom. The number of carbonyl (C=O) groups excluding carboxylic acids is 1. The number of rotatable bonds is 12. The van der Waals surface area contributed by atoms with Crippen molar-refractivity contribution >= 4 is 28.1 Å². The highest BCUT2D eigenvalue weighted by Crippen LogP contribution is 2.19. The van der Waals surface area contributed by atoms with Gasteiger partial charge in [-0.15, -0.1) is 0 Å². The molecule has 0 unspecified atom stereocenters. The number of carbonyl (C=O) groups is 1. The summed E-state index contributed by atoms with van der Waals surface area (Å²) in [5.74, 6) is 0.0545. The highest BCUT2D eigenvalue weighted by molar-refractivity contribution is 9.10. The van der Waals surface area contributed by atoms with E-state index in [1.807, 2.05) is 0 Å². The first-order valence-electron chi connectivity index (χ1n) is 8.94. The van der Waals surface area contributed by atoms with Crippen LogP contribution >= 0.6 is 15.9 Å². The zero-order chi connectivity index (χ0) is 17.6. The molecule has 0 heterocycles. The first-order chi connectivity index (χ1) is 11.6. The average Bonchev–Trinajstić information content (AvgIpc) is 2.56. The molecule has 5 heteroatoms. The van der Waals surface area contributed by atoms with Gasteiger partial charge in [-0.3, -0.25) is 4.79 Å². The Morgan fingerprint density at radius 3 is 2.42 bits per heavy atom. The van der Waals surface area contributed by atoms with E-state index in [9.17, 15) is 9.90 Å². The van der Waals surface area contributed by atoms with Crippen molar-refractivity contribution in [2.75, 3.05) is 0 Å². The van der Waals surface area contributed by atoms with E-state index in [0.717, 1.165) is 17.3 Å². The Labute approximate surface area is 153 Å². The van der Waals surface area contributed by atoms with Crippen LogP contribution in [0.2, 0.25) is 0 Å². The van der Waals surface area contributed by atoms with E-state index in [0.29, 0.717) is 12.0 Å². The molecule has 1 aromatic rings. The molecule has 134 valence electrons. The number of benzene rings is 1. The van der Waals surface area contributed by atoms with Crippen LogP contribution in [0.1, 0.15) is 76.7 Å². The first kappa shape index (κ1) is 20.7. The third kappa shape index (κ3) is 9.71. The molecule has 24 heavy (non-hydrogen) atoms. The molecule has 1 amide bonds. The fourth-order valence-electron chi connectivity index (χ4n) is 2.45. The van der Waals surface area contributed by atoms with Gasteiger partial charge in [0.25, 0.3) is 0 Å². The third-order valence-electron chi connectivity index (χ3n) is 3.89. The van der Waals surface area contributed by atoms with E-state index >= 15 is 0 Å². The molecule has 0 spiro atoms. The van der Waals surface area contributed by atoms with Crippen molar-refractivity contribution in [2.45, 2.75) is 71.1 Å². The Kier molecular flexibility index (Phi) is 11.2. The lowest BCUT2D eigenvalue weighted by Gasteiger charge is -2.02. The number of amides is 1. The predicted octanol–water partition coefficient (Wildman–Crippen LogP) is 5.53. The third-order valence-corrected chi connectivity index (χ3v) is 4.38. The van der Waals surface area contributed by atoms with Gasteiger partial charge in [0.1, 0.15) is 5.75 Å². The van der Waals surface area contributed by atoms with Gasteiger partial charge in [-0.1, -0.05) is 74.2 Å². The van der Waals surface area contributed by atoms with E-state index in [4.69, 9.17) is 0 Å². The SMILES string of the molecule is CCCCCCCCCCCC(=O)N/N=C\c1cc(Br)ccc1O. The Bertz CT molecular complexity index is 518. The highest BCUT2D eigenvalue weighted by Gasteiger charge is 2.01. The lowest BCUT2D eigenvalue weighted by atomic mass is 10.1. The van der Waals surface area contributed by atoms with Gasteiger partial charge in [-0.05, 0) is 24.6 Å². The quantitative estimate of drug-likeness (QED) is 0.277. The van der Waals surface area contributed by atoms with Crippen LogP contribution in [-0.2, 0) is 4.79 Å². The monoisotopic (exact) mass is 396 g/mol. The van der Waals surface area contributed by atoms with E-state index < -0.39 is 0 Å². The van der Waals surface area contributed by atoms with Crippen molar-refractivity contribution in [1.82, 2.24) is 5.43 Å². The van der Waals surface area contributed by atoms with Crippen LogP contribution in [-0.4, -0.2) is 17.2 Å². The molecule has 0 saturated carbocycles. The minimum atomic E-state index is -0.0799. The lowest BCUT2D eigenvalue weighted by Crippen LogP contribution is -2.16. The fourth-order valence-corrected chi connectivity index (χ4v) is 2.83. The van der Waals surface area contributed by atoms with Gasteiger partial charge in [0.2, 0.25) is 5.91 Å². The number of hydrogen-bond acceptors (Lipinski definition) is 3. The summed E-state index contributed by atoms with van der Waals surface area (Å²) in [5.41, 5.74) is 3.07. The summed E-state index contributed by atoms with van der Waals surface area (Å²) >= 11 is 3.33. The van der Waals surface area contributed by atoms with Crippen LogP contribution in [0.4, 0.5) is 0 Å². The maximum Gasteiger partial charge on any atom is 0.240 e. The van der Waals surface area contributed by atoms with Crippen LogP contribution in [0.3, 0.4) is 0 Å². The van der Waals surface area contributed by atoms with E-state index in [-0.39, 0.29) is 11.7 Å². The van der Waals surface area contributed by atoms with Crippen molar-refractivity contribution in [2.24, 2.45) is 5.10 Å². The first-order valence-corrected chi connectivity index (χ1v) is 9.73. The van der Waals surface area contributed by atoms with Gasteiger partial charge in [0.15, 0.2) is 0 Å². The van der Waals surface area contributed by atoms with Gasteiger partial charge < -0.3 is 5.11 Å². The van der Waals surface area contributed by atoms with Crippen LogP contribution < -0.4 is 5.43 Å². The van der Waals surface area contributed by atoms with E-state index in [1.54, 1.807) is 18.2 Å². The summed E-state index contributed by atoms with van der Waals surface area (Å²) in [7, 11) is 0. The molecular weight excluding hydrogens is 368 g/mol. The largest absolute Gasteiger partial charge is 0.507 e. The molecular formula is C19H29BrN2O2. The second kappa shape index (κ2) is 13.0. The predicted molar refractivity (Wildman–Crippen MR) is 103 cm³/mol. The molecule has 1 rings (SSSR count). The van der Waals surface area contributed by atoms with Crippen LogP contribution in [0.5, 0.6) is 5.75 Å². The van der Waals surface area contributed by atoms with Gasteiger partial charge in [-0.25, -0.2) is 5.43 Å². The molecule has 0 aliphatic heterocycles. The topological polar surface area (TPSA) is 61.7 Å². The molecule has 0 radical (unpaired) electrons. The summed E-state index contributed by atoms with van der Waals surface area (Å²) in [5, 5.41) is 13.6. The molecule has 0 atom stereocenters. The van der Waals surface area contributed by atoms with Crippen LogP contribution in [0, 0.1) is 0 Å². The summed E-state index contributed by atoms with van der Waals surface area (Å²) < 4.78 is 0.850. The number of hydrogen-bond donors (Lipinski definition) is 2. The van der Waals surface area contributed by atoms with Crippen molar-refractivity contribution in [3.05, 3.63) is 28.2 Å². The second-order valence-electron chi connectivity index (χ2n) is 6.07. The average molecular weight is 397 g/mol. The standard InChI is InChI=1S/C19H29BrN2O2/c1-2-3-4-5-6-7-8-9-10-11-19(24)22-21-15-16-14-17(20)12-13-18(16)23/h12-15,23H,2-11H2,1H3,(H,22,24)/b21-15-. The second-order valence-corrected chi connectivity index (χ2v) is 6.99. The van der Waals surface area contributed by atoms with Gasteiger partial charge in [0, 0.05) is 16.5 Å². The Hall–Kier alpha value is -1.36. The number of phenols is 1. The molecule has 0 aliphatic rings. The number of halogens is 1. The maximum atomic E-state index is 11.7. The van der Waals surface area contributed by atoms with Crippen LogP contribution in [0.15, 0.2) is 27.8 Å². The normalized spacial score (nSPS) is 11.1. The lowest BCUT2D eigenvalue weighted by molar-refractivity contribution is -0.121. The van der Waals surface area contributed by atoms with Crippen molar-refractivity contribution in [3.8, 4) is 5.75 Å². The zero-order valence-corrected chi connectivity index (χ0v) is 16.1. The van der Waals surface area contributed by atoms with Crippen molar-refractivity contribution in [3.63, 3.8) is 0 Å². The zero-order valence-electron chi connectivity index (χ0n) is 14.6. The smallest absolute Gasteiger partial charge is 0.240 e. The molecule has 0 fully saturated rings. The van der Waals surface area contributed by atoms with E-state index in [2.05, 4.69) is 33.4 Å². The Morgan fingerprint density at radius 1 is 1.12 bits per heavy atom. The summed E-state index contributed by atoms with van der Waals surface area (Å²) in [6.07, 6.45) is 13.1. The minimum Gasteiger partial charge on any atom is -0.507 e. The number of nitrogens with zero attached hydrogens (tertiary/aromatic N) is 1. The molecule has 0 bridgehead atoms. The van der Waals surface area contributed by atoms with Crippen molar-refractivity contribution in [1.29, 1.82) is 0 Å². The number of nitrogens with one attached hydrogen (secondary N) is 1. The molecule has 2 N–H and O–H groups in total. The number of phenolic OH excluding ortho intramolecular Hbond substituents is 1. The minimum absolute atomic E-state index is 0.0799. The van der Waals surface area contributed by atoms with Gasteiger partial charge in [-0.2, -0.15) is 5.10 Å². The van der Waals surface area contributed by atoms with E-state index in [1.165, 1.54) is 51.2 Å². The van der Waals surface area contributed by atoms with Gasteiger partial charge >= 0.3 is 0 Å². The maximum absolute atomic E-state index is 11.7. The molecule has 0 aliphatic carbocycles. The molecule has 0 saturated heterocycles. The number of hydrazone groups is 1. The summed E-state index contributed by atoms with van der Waals surface area (Å²) in [6.45, 7) is 2.23. The fraction of sp³-hybridized carbons (Fsp3) is 0.579. The number of aromatic hydroxyl groups is 1. The number of unbranched alkanes of at least 4 members (excludes halogenated alkanes) is 8. The molecule has 0 aromatic heterocycles. The highest BCUT2D eigenvalue weighted by atomic mass is 79.9. The summed E-state index contributed by atoms with van der Waals surface area (Å²) in [6, 6.07) is 5.07. The summed E-state index contributed by atoms with van der Waals surface area (Å²) in [4.78, 5) is 11.7.